The second-order valence-corrected chi connectivity index (χ2v) is 8.57. The highest BCUT2D eigenvalue weighted by atomic mass is 16.7. The standard InChI is InChI=1S/C27H29N3O3/c1-19-23(16-29-27(31)22-8-9-25-26(15-22)33-18-32-25)6-3-7-24(19)21-5-2-4-20(14-21)17-30-12-10-28-11-13-30/h2-9,14-15,28H,10-13,16-18H2,1H3,(H,29,31). The predicted octanol–water partition coefficient (Wildman–Crippen LogP) is 3.73. The molecule has 2 N–H and O–H groups in total. The molecular weight excluding hydrogens is 414 g/mol. The van der Waals surface area contributed by atoms with E-state index in [1.807, 2.05) is 0 Å². The van der Waals surface area contributed by atoms with Crippen LogP contribution in [0.3, 0.4) is 0 Å². The minimum Gasteiger partial charge on any atom is -0.454 e. The van der Waals surface area contributed by atoms with E-state index >= 15 is 0 Å². The van der Waals surface area contributed by atoms with Crippen molar-refractivity contribution in [2.24, 2.45) is 0 Å². The maximum Gasteiger partial charge on any atom is 0.251 e. The fraction of sp³-hybridized carbons (Fsp3) is 0.296. The van der Waals surface area contributed by atoms with Crippen LogP contribution in [0.2, 0.25) is 0 Å². The summed E-state index contributed by atoms with van der Waals surface area (Å²) in [6, 6.07) is 20.4. The summed E-state index contributed by atoms with van der Waals surface area (Å²) < 4.78 is 10.7. The lowest BCUT2D eigenvalue weighted by atomic mass is 9.95. The van der Waals surface area contributed by atoms with Gasteiger partial charge in [0.15, 0.2) is 11.5 Å². The van der Waals surface area contributed by atoms with Gasteiger partial charge >= 0.3 is 0 Å². The van der Waals surface area contributed by atoms with E-state index in [1.165, 1.54) is 22.3 Å². The number of nitrogens with zero attached hydrogens (tertiary/aromatic N) is 1. The summed E-state index contributed by atoms with van der Waals surface area (Å²) in [6.45, 7) is 8.04. The van der Waals surface area contributed by atoms with Crippen LogP contribution < -0.4 is 20.1 Å². The monoisotopic (exact) mass is 443 g/mol. The molecular formula is C27H29N3O3. The summed E-state index contributed by atoms with van der Waals surface area (Å²) in [7, 11) is 0. The molecule has 6 nitrogen and oxygen atoms in total. The Morgan fingerprint density at radius 3 is 2.70 bits per heavy atom. The lowest BCUT2D eigenvalue weighted by Gasteiger charge is -2.27. The fourth-order valence-electron chi connectivity index (χ4n) is 4.47. The van der Waals surface area contributed by atoms with Crippen molar-refractivity contribution in [1.29, 1.82) is 0 Å². The first-order valence-corrected chi connectivity index (χ1v) is 11.5. The Morgan fingerprint density at radius 2 is 1.82 bits per heavy atom. The van der Waals surface area contributed by atoms with E-state index in [4.69, 9.17) is 9.47 Å². The highest BCUT2D eigenvalue weighted by Gasteiger charge is 2.17. The van der Waals surface area contributed by atoms with Gasteiger partial charge in [-0.15, -0.1) is 0 Å². The maximum absolute atomic E-state index is 12.7. The first-order chi connectivity index (χ1) is 16.2. The zero-order chi connectivity index (χ0) is 22.6. The van der Waals surface area contributed by atoms with Gasteiger partial charge in [-0.1, -0.05) is 36.4 Å². The van der Waals surface area contributed by atoms with E-state index in [9.17, 15) is 4.79 Å². The highest BCUT2D eigenvalue weighted by Crippen LogP contribution is 2.32. The van der Waals surface area contributed by atoms with E-state index in [-0.39, 0.29) is 12.7 Å². The van der Waals surface area contributed by atoms with Crippen molar-refractivity contribution in [2.45, 2.75) is 20.0 Å². The number of piperazine rings is 1. The fourth-order valence-corrected chi connectivity index (χ4v) is 4.47. The summed E-state index contributed by atoms with van der Waals surface area (Å²) in [6.07, 6.45) is 0. The second kappa shape index (κ2) is 9.65. The third-order valence-electron chi connectivity index (χ3n) is 6.37. The molecule has 2 heterocycles. The number of hydrogen-bond acceptors (Lipinski definition) is 5. The molecule has 0 unspecified atom stereocenters. The first-order valence-electron chi connectivity index (χ1n) is 11.5. The van der Waals surface area contributed by atoms with Gasteiger partial charge in [-0.3, -0.25) is 9.69 Å². The number of carbonyl (C=O) groups is 1. The average molecular weight is 444 g/mol. The van der Waals surface area contributed by atoms with Gasteiger partial charge < -0.3 is 20.1 Å². The SMILES string of the molecule is Cc1c(CNC(=O)c2ccc3c(c2)OCO3)cccc1-c1cccc(CN2CCNCC2)c1. The van der Waals surface area contributed by atoms with Crippen LogP contribution >= 0.6 is 0 Å². The molecule has 1 saturated heterocycles. The largest absolute Gasteiger partial charge is 0.454 e. The molecule has 0 aromatic heterocycles. The van der Waals surface area contributed by atoms with E-state index < -0.39 is 0 Å². The van der Waals surface area contributed by atoms with Gasteiger partial charge in [-0.2, -0.15) is 0 Å². The summed E-state index contributed by atoms with van der Waals surface area (Å²) >= 11 is 0. The van der Waals surface area contributed by atoms with Crippen molar-refractivity contribution in [2.75, 3.05) is 33.0 Å². The molecule has 0 spiro atoms. The molecule has 0 aliphatic carbocycles. The van der Waals surface area contributed by atoms with Gasteiger partial charge in [0.25, 0.3) is 5.91 Å². The van der Waals surface area contributed by atoms with Gasteiger partial charge in [-0.25, -0.2) is 0 Å². The molecule has 2 aliphatic heterocycles. The van der Waals surface area contributed by atoms with Gasteiger partial charge in [0.2, 0.25) is 6.79 Å². The van der Waals surface area contributed by atoms with Crippen LogP contribution in [0.4, 0.5) is 0 Å². The number of carbonyl (C=O) groups excluding carboxylic acids is 1. The Morgan fingerprint density at radius 1 is 1.00 bits per heavy atom. The number of hydrogen-bond donors (Lipinski definition) is 2. The zero-order valence-corrected chi connectivity index (χ0v) is 18.9. The molecule has 6 heteroatoms. The smallest absolute Gasteiger partial charge is 0.251 e. The molecule has 170 valence electrons. The Labute approximate surface area is 194 Å². The van der Waals surface area contributed by atoms with Crippen molar-refractivity contribution in [3.05, 3.63) is 82.9 Å². The van der Waals surface area contributed by atoms with Crippen molar-refractivity contribution in [3.8, 4) is 22.6 Å². The number of nitrogens with one attached hydrogen (secondary N) is 2. The van der Waals surface area contributed by atoms with Gasteiger partial charge in [0, 0.05) is 44.8 Å². The van der Waals surface area contributed by atoms with Crippen LogP contribution in [0, 0.1) is 6.92 Å². The molecule has 1 fully saturated rings. The third-order valence-corrected chi connectivity index (χ3v) is 6.37. The zero-order valence-electron chi connectivity index (χ0n) is 18.9. The van der Waals surface area contributed by atoms with Crippen LogP contribution in [-0.4, -0.2) is 43.8 Å². The van der Waals surface area contributed by atoms with Gasteiger partial charge in [0.05, 0.1) is 0 Å². The number of rotatable bonds is 6. The molecule has 0 atom stereocenters. The molecule has 2 aliphatic rings. The molecule has 5 rings (SSSR count). The minimum absolute atomic E-state index is 0.129. The summed E-state index contributed by atoms with van der Waals surface area (Å²) in [5.74, 6) is 1.16. The lowest BCUT2D eigenvalue weighted by Crippen LogP contribution is -2.42. The van der Waals surface area contributed by atoms with Gasteiger partial charge in [0.1, 0.15) is 0 Å². The third kappa shape index (κ3) is 4.87. The first kappa shape index (κ1) is 21.5. The Bertz CT molecular complexity index is 1160. The van der Waals surface area contributed by atoms with E-state index in [2.05, 4.69) is 64.9 Å². The molecule has 3 aromatic rings. The Kier molecular flexibility index (Phi) is 6.28. The predicted molar refractivity (Wildman–Crippen MR) is 128 cm³/mol. The van der Waals surface area contributed by atoms with E-state index in [0.29, 0.717) is 23.6 Å². The Hall–Kier alpha value is -3.35. The molecule has 0 saturated carbocycles. The van der Waals surface area contributed by atoms with Crippen LogP contribution in [0.15, 0.2) is 60.7 Å². The normalized spacial score (nSPS) is 15.4. The number of benzene rings is 3. The van der Waals surface area contributed by atoms with Crippen molar-refractivity contribution in [3.63, 3.8) is 0 Å². The van der Waals surface area contributed by atoms with Crippen LogP contribution in [0.1, 0.15) is 27.0 Å². The van der Waals surface area contributed by atoms with Crippen molar-refractivity contribution in [1.82, 2.24) is 15.5 Å². The molecule has 0 radical (unpaired) electrons. The summed E-state index contributed by atoms with van der Waals surface area (Å²) in [5.41, 5.74) is 6.59. The molecule has 3 aromatic carbocycles. The second-order valence-electron chi connectivity index (χ2n) is 8.57. The topological polar surface area (TPSA) is 62.8 Å². The van der Waals surface area contributed by atoms with Crippen LogP contribution in [0.25, 0.3) is 11.1 Å². The summed E-state index contributed by atoms with van der Waals surface area (Å²) in [4.78, 5) is 15.2. The molecule has 1 amide bonds. The number of fused-ring (bicyclic) bond motifs is 1. The van der Waals surface area contributed by atoms with Gasteiger partial charge in [-0.05, 0) is 59.0 Å². The molecule has 0 bridgehead atoms. The maximum atomic E-state index is 12.7. The minimum atomic E-state index is -0.129. The van der Waals surface area contributed by atoms with E-state index in [1.54, 1.807) is 18.2 Å². The van der Waals surface area contributed by atoms with Crippen LogP contribution in [-0.2, 0) is 13.1 Å². The van der Waals surface area contributed by atoms with Crippen molar-refractivity contribution >= 4 is 5.91 Å². The van der Waals surface area contributed by atoms with E-state index in [0.717, 1.165) is 38.3 Å². The quantitative estimate of drug-likeness (QED) is 0.608. The van der Waals surface area contributed by atoms with Crippen molar-refractivity contribution < 1.29 is 14.3 Å². The average Bonchev–Trinajstić information content (AvgIpc) is 3.32. The van der Waals surface area contributed by atoms with Crippen LogP contribution in [0.5, 0.6) is 11.5 Å². The summed E-state index contributed by atoms with van der Waals surface area (Å²) in [5, 5.41) is 6.45. The highest BCUT2D eigenvalue weighted by molar-refractivity contribution is 5.95. The number of amides is 1. The Balaban J connectivity index is 1.29. The number of ether oxygens (including phenoxy) is 2. The lowest BCUT2D eigenvalue weighted by molar-refractivity contribution is 0.0950. The molecule has 33 heavy (non-hydrogen) atoms.